The van der Waals surface area contributed by atoms with Crippen LogP contribution in [0, 0.1) is 36.0 Å². The van der Waals surface area contributed by atoms with Crippen molar-refractivity contribution in [1.82, 2.24) is 0 Å². The summed E-state index contributed by atoms with van der Waals surface area (Å²) in [4.78, 5) is 0. The molecule has 3 atom stereocenters. The molecule has 1 saturated carbocycles. The molecule has 1 fully saturated rings. The number of hydrogen-bond donors (Lipinski definition) is 1. The van der Waals surface area contributed by atoms with E-state index in [1.54, 1.807) is 0 Å². The van der Waals surface area contributed by atoms with Crippen molar-refractivity contribution in [2.45, 2.75) is 46.0 Å². The Morgan fingerprint density at radius 3 is 2.60 bits per heavy atom. The molecule has 15 heavy (non-hydrogen) atoms. The second kappa shape index (κ2) is 6.18. The summed E-state index contributed by atoms with van der Waals surface area (Å²) in [6, 6.07) is 0. The van der Waals surface area contributed by atoms with Crippen molar-refractivity contribution >= 4 is 0 Å². The molecule has 1 aliphatic rings. The van der Waals surface area contributed by atoms with Crippen molar-refractivity contribution in [3.8, 4) is 12.3 Å². The monoisotopic (exact) mass is 207 g/mol. The Kier molecular flexibility index (Phi) is 5.19. The summed E-state index contributed by atoms with van der Waals surface area (Å²) in [7, 11) is 0. The summed E-state index contributed by atoms with van der Waals surface area (Å²) >= 11 is 0. The molecule has 1 nitrogen and oxygen atoms in total. The Labute approximate surface area is 94.8 Å². The highest BCUT2D eigenvalue weighted by Gasteiger charge is 2.30. The van der Waals surface area contributed by atoms with Crippen LogP contribution in [-0.2, 0) is 0 Å². The van der Waals surface area contributed by atoms with Gasteiger partial charge in [-0.3, -0.25) is 0 Å². The fourth-order valence-electron chi connectivity index (χ4n) is 2.90. The van der Waals surface area contributed by atoms with E-state index in [1.165, 1.54) is 25.7 Å². The van der Waals surface area contributed by atoms with Crippen LogP contribution in [0.15, 0.2) is 0 Å². The van der Waals surface area contributed by atoms with E-state index >= 15 is 0 Å². The van der Waals surface area contributed by atoms with E-state index in [9.17, 15) is 0 Å². The van der Waals surface area contributed by atoms with E-state index in [1.807, 2.05) is 0 Å². The number of hydrogen-bond acceptors (Lipinski definition) is 1. The molecule has 0 heterocycles. The van der Waals surface area contributed by atoms with Gasteiger partial charge in [0.15, 0.2) is 0 Å². The van der Waals surface area contributed by atoms with Gasteiger partial charge in [-0.1, -0.05) is 13.8 Å². The van der Waals surface area contributed by atoms with E-state index in [4.69, 9.17) is 12.2 Å². The Bertz CT molecular complexity index is 214. The molecule has 0 aromatic rings. The minimum absolute atomic E-state index is 0.730. The second-order valence-corrected chi connectivity index (χ2v) is 5.32. The molecule has 2 N–H and O–H groups in total. The molecule has 0 aliphatic heterocycles. The van der Waals surface area contributed by atoms with Crippen molar-refractivity contribution in [1.29, 1.82) is 0 Å². The van der Waals surface area contributed by atoms with Crippen LogP contribution in [-0.4, -0.2) is 6.54 Å². The highest BCUT2D eigenvalue weighted by atomic mass is 14.6. The van der Waals surface area contributed by atoms with Crippen molar-refractivity contribution in [2.75, 3.05) is 6.54 Å². The maximum absolute atomic E-state index is 5.84. The van der Waals surface area contributed by atoms with E-state index in [2.05, 4.69) is 19.8 Å². The van der Waals surface area contributed by atoms with Crippen LogP contribution in [0.5, 0.6) is 0 Å². The predicted octanol–water partition coefficient (Wildman–Crippen LogP) is 3.05. The van der Waals surface area contributed by atoms with E-state index in [-0.39, 0.29) is 0 Å². The van der Waals surface area contributed by atoms with Gasteiger partial charge in [0.05, 0.1) is 0 Å². The zero-order chi connectivity index (χ0) is 11.3. The fraction of sp³-hybridized carbons (Fsp3) is 0.857. The molecule has 0 aromatic carbocycles. The lowest BCUT2D eigenvalue weighted by atomic mass is 9.69. The molecule has 0 spiro atoms. The minimum Gasteiger partial charge on any atom is -0.330 e. The van der Waals surface area contributed by atoms with Gasteiger partial charge in [-0.05, 0) is 55.9 Å². The zero-order valence-corrected chi connectivity index (χ0v) is 10.2. The maximum Gasteiger partial charge on any atom is 0.00888 e. The van der Waals surface area contributed by atoms with E-state index < -0.39 is 0 Å². The molecule has 0 amide bonds. The van der Waals surface area contributed by atoms with Crippen LogP contribution >= 0.6 is 0 Å². The first-order valence-electron chi connectivity index (χ1n) is 6.32. The molecule has 0 saturated heterocycles. The average Bonchev–Trinajstić information content (AvgIpc) is 2.25. The van der Waals surface area contributed by atoms with Gasteiger partial charge in [-0.25, -0.2) is 0 Å². The predicted molar refractivity (Wildman–Crippen MR) is 66.3 cm³/mol. The molecule has 1 aliphatic carbocycles. The number of nitrogens with two attached hydrogens (primary N) is 1. The first-order chi connectivity index (χ1) is 7.19. The third-order valence-electron chi connectivity index (χ3n) is 4.09. The van der Waals surface area contributed by atoms with Gasteiger partial charge >= 0.3 is 0 Å². The summed E-state index contributed by atoms with van der Waals surface area (Å²) < 4.78 is 0. The first-order valence-corrected chi connectivity index (χ1v) is 6.32. The normalized spacial score (nSPS) is 31.5. The fourth-order valence-corrected chi connectivity index (χ4v) is 2.90. The molecule has 0 bridgehead atoms. The molecular weight excluding hydrogens is 182 g/mol. The summed E-state index contributed by atoms with van der Waals surface area (Å²) in [5, 5.41) is 0. The zero-order valence-electron chi connectivity index (χ0n) is 10.2. The minimum atomic E-state index is 0.730. The Hall–Kier alpha value is -0.480. The summed E-state index contributed by atoms with van der Waals surface area (Å²) in [6.07, 6.45) is 11.5. The van der Waals surface area contributed by atoms with Gasteiger partial charge in [0.1, 0.15) is 0 Å². The SMILES string of the molecule is C#CCCC1CC(C(C)C)CCC1CN. The Balaban J connectivity index is 2.49. The summed E-state index contributed by atoms with van der Waals surface area (Å²) in [6.45, 7) is 5.53. The van der Waals surface area contributed by atoms with Crippen molar-refractivity contribution < 1.29 is 0 Å². The van der Waals surface area contributed by atoms with Crippen LogP contribution in [0.2, 0.25) is 0 Å². The molecule has 1 heteroatoms. The van der Waals surface area contributed by atoms with Crippen LogP contribution in [0.3, 0.4) is 0 Å². The lowest BCUT2D eigenvalue weighted by Crippen LogP contribution is -2.32. The number of rotatable bonds is 4. The van der Waals surface area contributed by atoms with Gasteiger partial charge in [0.25, 0.3) is 0 Å². The van der Waals surface area contributed by atoms with Crippen molar-refractivity contribution in [3.05, 3.63) is 0 Å². The van der Waals surface area contributed by atoms with Gasteiger partial charge in [-0.2, -0.15) is 0 Å². The molecule has 3 unspecified atom stereocenters. The lowest BCUT2D eigenvalue weighted by molar-refractivity contribution is 0.145. The quantitative estimate of drug-likeness (QED) is 0.705. The lowest BCUT2D eigenvalue weighted by Gasteiger charge is -2.37. The Morgan fingerprint density at radius 1 is 1.33 bits per heavy atom. The topological polar surface area (TPSA) is 26.0 Å². The van der Waals surface area contributed by atoms with Gasteiger partial charge in [0.2, 0.25) is 0 Å². The molecule has 1 rings (SSSR count). The summed E-state index contributed by atoms with van der Waals surface area (Å²) in [5.74, 6) is 5.99. The van der Waals surface area contributed by atoms with Gasteiger partial charge < -0.3 is 5.73 Å². The first kappa shape index (κ1) is 12.6. The number of terminal acetylenes is 1. The summed E-state index contributed by atoms with van der Waals surface area (Å²) in [5.41, 5.74) is 5.84. The van der Waals surface area contributed by atoms with Crippen LogP contribution < -0.4 is 5.73 Å². The van der Waals surface area contributed by atoms with Crippen LogP contribution in [0.4, 0.5) is 0 Å². The second-order valence-electron chi connectivity index (χ2n) is 5.32. The third-order valence-corrected chi connectivity index (χ3v) is 4.09. The van der Waals surface area contributed by atoms with Crippen molar-refractivity contribution in [2.24, 2.45) is 29.4 Å². The van der Waals surface area contributed by atoms with Crippen LogP contribution in [0.25, 0.3) is 0 Å². The molecular formula is C14H25N. The highest BCUT2D eigenvalue weighted by Crippen LogP contribution is 2.39. The maximum atomic E-state index is 5.84. The molecule has 86 valence electrons. The largest absolute Gasteiger partial charge is 0.330 e. The molecule has 0 radical (unpaired) electrons. The van der Waals surface area contributed by atoms with E-state index in [0.29, 0.717) is 0 Å². The van der Waals surface area contributed by atoms with Crippen molar-refractivity contribution in [3.63, 3.8) is 0 Å². The van der Waals surface area contributed by atoms with Gasteiger partial charge in [-0.15, -0.1) is 12.3 Å². The average molecular weight is 207 g/mol. The smallest absolute Gasteiger partial charge is 0.00888 e. The standard InChI is InChI=1S/C14H25N/c1-4-5-6-13-9-12(11(2)3)7-8-14(13)10-15/h1,11-14H,5-10,15H2,2-3H3. The molecule has 0 aromatic heterocycles. The third kappa shape index (κ3) is 3.54. The van der Waals surface area contributed by atoms with Gasteiger partial charge in [0, 0.05) is 6.42 Å². The Morgan fingerprint density at radius 2 is 2.07 bits per heavy atom. The van der Waals surface area contributed by atoms with E-state index in [0.717, 1.165) is 36.6 Å². The highest BCUT2D eigenvalue weighted by molar-refractivity contribution is 4.88. The van der Waals surface area contributed by atoms with Crippen LogP contribution in [0.1, 0.15) is 46.0 Å².